The molecule has 43 heavy (non-hydrogen) atoms. The Morgan fingerprint density at radius 1 is 1.05 bits per heavy atom. The van der Waals surface area contributed by atoms with Gasteiger partial charge in [0.15, 0.2) is 0 Å². The lowest BCUT2D eigenvalue weighted by molar-refractivity contribution is 0.252. The third-order valence-electron chi connectivity index (χ3n) is 6.10. The van der Waals surface area contributed by atoms with Crippen molar-refractivity contribution in [3.8, 4) is 23.4 Å². The van der Waals surface area contributed by atoms with E-state index in [0.29, 0.717) is 52.0 Å². The fourth-order valence-electron chi connectivity index (χ4n) is 4.10. The minimum Gasteiger partial charge on any atom is -0.443 e. The Hall–Kier alpha value is -4.59. The van der Waals surface area contributed by atoms with Crippen LogP contribution in [0.2, 0.25) is 0 Å². The van der Waals surface area contributed by atoms with E-state index in [4.69, 9.17) is 20.3 Å². The van der Waals surface area contributed by atoms with E-state index in [0.717, 1.165) is 11.1 Å². The zero-order valence-electron chi connectivity index (χ0n) is 23.8. The summed E-state index contributed by atoms with van der Waals surface area (Å²) in [5.74, 6) is 1.71. The number of rotatable bonds is 11. The minimum atomic E-state index is -2.84. The molecule has 222 valence electrons. The minimum absolute atomic E-state index is 0.178. The van der Waals surface area contributed by atoms with E-state index < -0.39 is 7.37 Å². The van der Waals surface area contributed by atoms with E-state index in [9.17, 15) is 9.36 Å². The van der Waals surface area contributed by atoms with Crippen molar-refractivity contribution in [2.24, 2.45) is 0 Å². The number of aryl methyl sites for hydroxylation is 2. The number of nitrogens with zero attached hydrogens (tertiary/aromatic N) is 3. The fourth-order valence-corrected chi connectivity index (χ4v) is 5.75. The molecule has 1 unspecified atom stereocenters. The molecule has 0 radical (unpaired) electrons. The van der Waals surface area contributed by atoms with Gasteiger partial charge in [-0.05, 0) is 95.9 Å². The molecule has 0 bridgehead atoms. The Morgan fingerprint density at radius 2 is 1.72 bits per heavy atom. The molecule has 0 aliphatic rings. The first-order chi connectivity index (χ1) is 20.5. The first-order valence-electron chi connectivity index (χ1n) is 13.3. The van der Waals surface area contributed by atoms with Crippen LogP contribution in [0.1, 0.15) is 23.1 Å². The van der Waals surface area contributed by atoms with Crippen molar-refractivity contribution in [1.82, 2.24) is 15.3 Å². The Balaban J connectivity index is 1.35. The smallest absolute Gasteiger partial charge is 0.319 e. The van der Waals surface area contributed by atoms with Gasteiger partial charge in [-0.2, -0.15) is 15.2 Å². The lowest BCUT2D eigenvalue weighted by Gasteiger charge is -2.17. The van der Waals surface area contributed by atoms with Crippen LogP contribution < -0.4 is 30.9 Å². The fraction of sp³-hybridized carbons (Fsp3) is 0.200. The number of anilines is 4. The van der Waals surface area contributed by atoms with Crippen molar-refractivity contribution < 1.29 is 18.6 Å². The van der Waals surface area contributed by atoms with Crippen LogP contribution in [0.5, 0.6) is 17.4 Å². The van der Waals surface area contributed by atoms with Crippen molar-refractivity contribution in [3.05, 3.63) is 87.9 Å². The number of nitriles is 1. The van der Waals surface area contributed by atoms with Gasteiger partial charge in [0.2, 0.25) is 19.2 Å². The number of hydrogen-bond acceptors (Lipinski definition) is 9. The van der Waals surface area contributed by atoms with Crippen molar-refractivity contribution in [2.45, 2.75) is 20.3 Å². The number of benzene rings is 3. The molecule has 1 atom stereocenters. The van der Waals surface area contributed by atoms with Gasteiger partial charge in [0, 0.05) is 30.7 Å². The molecule has 0 fully saturated rings. The zero-order valence-corrected chi connectivity index (χ0v) is 26.3. The van der Waals surface area contributed by atoms with Gasteiger partial charge in [0.05, 0.1) is 11.6 Å². The van der Waals surface area contributed by atoms with E-state index in [-0.39, 0.29) is 23.7 Å². The highest BCUT2D eigenvalue weighted by Gasteiger charge is 2.18. The van der Waals surface area contributed by atoms with Crippen LogP contribution in [0.25, 0.3) is 0 Å². The topological polar surface area (TPSA) is 164 Å². The van der Waals surface area contributed by atoms with Gasteiger partial charge in [-0.1, -0.05) is 18.2 Å². The van der Waals surface area contributed by atoms with E-state index >= 15 is 0 Å². The Bertz CT molecular complexity index is 1670. The standard InChI is InChI=1S/C30H31BrN7O4P/c1-19-16-23(36-30(39)34-14-7-15-43(3,40)42-24-8-5-4-6-9-24)17-20(2)26(19)41-28-25(31)27(33)37-29(38-28)35-22-12-10-21(18-32)11-13-22/h4-6,8-13,16-17H,7,14-15H2,1-3H3,(H2,34,36,39)(H3,33,35,37,38). The molecule has 3 aromatic carbocycles. The van der Waals surface area contributed by atoms with E-state index in [1.165, 1.54) is 0 Å². The summed E-state index contributed by atoms with van der Waals surface area (Å²) in [7, 11) is -2.84. The number of urea groups is 1. The molecule has 0 aliphatic heterocycles. The second-order valence-corrected chi connectivity index (χ2v) is 13.2. The number of nitrogen functional groups attached to an aromatic ring is 1. The lowest BCUT2D eigenvalue weighted by Crippen LogP contribution is -2.30. The van der Waals surface area contributed by atoms with E-state index in [1.54, 1.807) is 55.2 Å². The summed E-state index contributed by atoms with van der Waals surface area (Å²) in [5, 5.41) is 17.7. The molecular formula is C30H31BrN7O4P. The van der Waals surface area contributed by atoms with Crippen LogP contribution in [-0.4, -0.2) is 35.4 Å². The van der Waals surface area contributed by atoms with Crippen LogP contribution in [0.15, 0.2) is 71.2 Å². The summed E-state index contributed by atoms with van der Waals surface area (Å²) in [4.78, 5) is 21.2. The number of nitrogens with two attached hydrogens (primary N) is 1. The van der Waals surface area contributed by atoms with Gasteiger partial charge in [-0.25, -0.2) is 4.79 Å². The van der Waals surface area contributed by atoms with E-state index in [1.807, 2.05) is 32.0 Å². The Labute approximate surface area is 258 Å². The predicted molar refractivity (Wildman–Crippen MR) is 172 cm³/mol. The van der Waals surface area contributed by atoms with Gasteiger partial charge in [0.25, 0.3) is 0 Å². The lowest BCUT2D eigenvalue weighted by atomic mass is 10.1. The Kier molecular flexibility index (Phi) is 10.2. The number of amides is 2. The number of aromatic nitrogens is 2. The van der Waals surface area contributed by atoms with Crippen LogP contribution in [0, 0.1) is 25.2 Å². The summed E-state index contributed by atoms with van der Waals surface area (Å²) in [6, 6.07) is 21.1. The van der Waals surface area contributed by atoms with Crippen molar-refractivity contribution in [2.75, 3.05) is 35.7 Å². The predicted octanol–water partition coefficient (Wildman–Crippen LogP) is 7.34. The summed E-state index contributed by atoms with van der Waals surface area (Å²) in [5.41, 5.74) is 9.40. The Morgan fingerprint density at radius 3 is 2.37 bits per heavy atom. The molecule has 4 rings (SSSR count). The van der Waals surface area contributed by atoms with Gasteiger partial charge < -0.3 is 30.9 Å². The molecule has 1 aromatic heterocycles. The van der Waals surface area contributed by atoms with Gasteiger partial charge in [-0.3, -0.25) is 4.57 Å². The number of halogens is 1. The number of carbonyl (C=O) groups excluding carboxylic acids is 1. The highest BCUT2D eigenvalue weighted by molar-refractivity contribution is 9.10. The molecular weight excluding hydrogens is 633 g/mol. The maximum absolute atomic E-state index is 12.7. The molecule has 1 heterocycles. The maximum atomic E-state index is 12.7. The molecule has 0 aliphatic carbocycles. The van der Waals surface area contributed by atoms with Crippen molar-refractivity contribution in [1.29, 1.82) is 5.26 Å². The van der Waals surface area contributed by atoms with Crippen LogP contribution >= 0.6 is 23.3 Å². The first kappa shape index (κ1) is 31.3. The van der Waals surface area contributed by atoms with Gasteiger partial charge in [0.1, 0.15) is 21.8 Å². The zero-order chi connectivity index (χ0) is 31.0. The summed E-state index contributed by atoms with van der Waals surface area (Å²) in [6.45, 7) is 5.63. The summed E-state index contributed by atoms with van der Waals surface area (Å²) >= 11 is 3.40. The van der Waals surface area contributed by atoms with Crippen molar-refractivity contribution in [3.63, 3.8) is 0 Å². The third-order valence-corrected chi connectivity index (χ3v) is 8.57. The SMILES string of the molecule is Cc1cc(NC(=O)NCCCP(C)(=O)Oc2ccccc2)cc(C)c1Oc1nc(Nc2ccc(C#N)cc2)nc(N)c1Br. The molecule has 0 spiro atoms. The average molecular weight is 665 g/mol. The third kappa shape index (κ3) is 8.95. The van der Waals surface area contributed by atoms with Crippen molar-refractivity contribution >= 4 is 52.5 Å². The molecule has 0 saturated carbocycles. The number of hydrogen-bond donors (Lipinski definition) is 4. The second kappa shape index (κ2) is 14.1. The molecule has 4 aromatic rings. The monoisotopic (exact) mass is 663 g/mol. The van der Waals surface area contributed by atoms with Crippen LogP contribution in [0.3, 0.4) is 0 Å². The highest BCUT2D eigenvalue weighted by Crippen LogP contribution is 2.43. The highest BCUT2D eigenvalue weighted by atomic mass is 79.9. The second-order valence-electron chi connectivity index (χ2n) is 9.78. The summed E-state index contributed by atoms with van der Waals surface area (Å²) in [6.07, 6.45) is 0.831. The molecule has 0 saturated heterocycles. The quantitative estimate of drug-likeness (QED) is 0.0948. The van der Waals surface area contributed by atoms with E-state index in [2.05, 4.69) is 47.9 Å². The number of carbonyl (C=O) groups is 1. The molecule has 2 amide bonds. The molecule has 13 heteroatoms. The molecule has 5 N–H and O–H groups in total. The number of nitrogens with one attached hydrogen (secondary N) is 3. The molecule has 11 nitrogen and oxygen atoms in total. The first-order valence-corrected chi connectivity index (χ1v) is 16.3. The number of ether oxygens (including phenoxy) is 1. The van der Waals surface area contributed by atoms with Crippen LogP contribution in [0.4, 0.5) is 27.9 Å². The van der Waals surface area contributed by atoms with Gasteiger partial charge >= 0.3 is 6.03 Å². The summed E-state index contributed by atoms with van der Waals surface area (Å²) < 4.78 is 24.9. The van der Waals surface area contributed by atoms with Crippen LogP contribution in [-0.2, 0) is 4.57 Å². The largest absolute Gasteiger partial charge is 0.443 e. The van der Waals surface area contributed by atoms with Gasteiger partial charge in [-0.15, -0.1) is 0 Å². The maximum Gasteiger partial charge on any atom is 0.319 e. The average Bonchev–Trinajstić information content (AvgIpc) is 2.96. The normalized spacial score (nSPS) is 12.0. The number of para-hydroxylation sites is 1.